The van der Waals surface area contributed by atoms with Gasteiger partial charge in [0.15, 0.2) is 6.10 Å². The molecule has 1 rings (SSSR count). The van der Waals surface area contributed by atoms with Gasteiger partial charge in [-0.1, -0.05) is 11.6 Å². The lowest BCUT2D eigenvalue weighted by Gasteiger charge is -2.16. The zero-order chi connectivity index (χ0) is 13.2. The Balaban J connectivity index is 3.08. The molecule has 0 bridgehead atoms. The van der Waals surface area contributed by atoms with Crippen molar-refractivity contribution >= 4 is 23.2 Å². The third-order valence-corrected chi connectivity index (χ3v) is 2.43. The first-order valence-electron chi connectivity index (χ1n) is 4.44. The summed E-state index contributed by atoms with van der Waals surface area (Å²) in [4.78, 5) is 20.4. The smallest absolute Gasteiger partial charge is 0.270 e. The van der Waals surface area contributed by atoms with Gasteiger partial charge in [-0.15, -0.1) is 0 Å². The van der Waals surface area contributed by atoms with Crippen molar-refractivity contribution in [2.45, 2.75) is 12.2 Å². The van der Waals surface area contributed by atoms with Crippen LogP contribution in [0.25, 0.3) is 0 Å². The highest BCUT2D eigenvalue weighted by molar-refractivity contribution is 6.31. The molecule has 0 aliphatic rings. The Kier molecular flexibility index (Phi) is 4.00. The van der Waals surface area contributed by atoms with Gasteiger partial charge in [0.2, 0.25) is 5.91 Å². The van der Waals surface area contributed by atoms with Crippen molar-refractivity contribution < 1.29 is 19.9 Å². The average molecular weight is 261 g/mol. The summed E-state index contributed by atoms with van der Waals surface area (Å²) >= 11 is 5.69. The molecule has 0 fully saturated rings. The number of carbonyl (C=O) groups is 1. The van der Waals surface area contributed by atoms with Crippen LogP contribution in [-0.2, 0) is 4.79 Å². The van der Waals surface area contributed by atoms with Crippen LogP contribution in [0.3, 0.4) is 0 Å². The molecule has 0 spiro atoms. The van der Waals surface area contributed by atoms with Gasteiger partial charge in [0.05, 0.1) is 9.95 Å². The third kappa shape index (κ3) is 2.90. The Morgan fingerprint density at radius 1 is 1.47 bits per heavy atom. The minimum Gasteiger partial charge on any atom is -0.385 e. The number of nitrogens with zero attached hydrogens (tertiary/aromatic N) is 1. The maximum atomic E-state index is 10.7. The van der Waals surface area contributed by atoms with Crippen LogP contribution in [-0.4, -0.2) is 27.1 Å². The summed E-state index contributed by atoms with van der Waals surface area (Å²) in [7, 11) is 0. The van der Waals surface area contributed by atoms with Crippen LogP contribution in [0.4, 0.5) is 5.69 Å². The van der Waals surface area contributed by atoms with Crippen LogP contribution < -0.4 is 5.73 Å². The van der Waals surface area contributed by atoms with Gasteiger partial charge in [0.25, 0.3) is 5.69 Å². The summed E-state index contributed by atoms with van der Waals surface area (Å²) in [5.74, 6) is -1.12. The van der Waals surface area contributed by atoms with Gasteiger partial charge in [-0.25, -0.2) is 0 Å². The topological polar surface area (TPSA) is 127 Å². The molecule has 1 amide bonds. The maximum absolute atomic E-state index is 10.7. The molecule has 7 nitrogen and oxygen atoms in total. The fourth-order valence-corrected chi connectivity index (χ4v) is 1.48. The summed E-state index contributed by atoms with van der Waals surface area (Å²) in [6.07, 6.45) is -3.45. The van der Waals surface area contributed by atoms with Crippen molar-refractivity contribution in [3.05, 3.63) is 38.9 Å². The lowest BCUT2D eigenvalue weighted by molar-refractivity contribution is -0.384. The summed E-state index contributed by atoms with van der Waals surface area (Å²) < 4.78 is 0. The molecule has 0 radical (unpaired) electrons. The van der Waals surface area contributed by atoms with E-state index in [9.17, 15) is 25.1 Å². The Labute approximate surface area is 101 Å². The number of halogens is 1. The van der Waals surface area contributed by atoms with Crippen LogP contribution >= 0.6 is 11.6 Å². The minimum atomic E-state index is -1.83. The van der Waals surface area contributed by atoms with Crippen LogP contribution in [0.15, 0.2) is 18.2 Å². The van der Waals surface area contributed by atoms with E-state index in [2.05, 4.69) is 0 Å². The molecular weight excluding hydrogens is 252 g/mol. The van der Waals surface area contributed by atoms with Crippen molar-refractivity contribution in [1.82, 2.24) is 0 Å². The largest absolute Gasteiger partial charge is 0.385 e. The van der Waals surface area contributed by atoms with Gasteiger partial charge in [0.1, 0.15) is 6.10 Å². The fourth-order valence-electron chi connectivity index (χ4n) is 1.20. The summed E-state index contributed by atoms with van der Waals surface area (Å²) in [6.45, 7) is 0. The molecule has 1 aromatic rings. The van der Waals surface area contributed by atoms with Gasteiger partial charge in [0, 0.05) is 17.7 Å². The second-order valence-electron chi connectivity index (χ2n) is 3.25. The number of nitro groups is 1. The summed E-state index contributed by atoms with van der Waals surface area (Å²) in [5, 5.41) is 29.1. The monoisotopic (exact) mass is 260 g/mol. The molecule has 0 aliphatic heterocycles. The van der Waals surface area contributed by atoms with Crippen LogP contribution in [0.2, 0.25) is 5.02 Å². The van der Waals surface area contributed by atoms with Gasteiger partial charge in [-0.2, -0.15) is 0 Å². The van der Waals surface area contributed by atoms with E-state index in [1.807, 2.05) is 0 Å². The average Bonchev–Trinajstić information content (AvgIpc) is 2.26. The summed E-state index contributed by atoms with van der Waals surface area (Å²) in [5.41, 5.74) is 4.53. The molecule has 0 heterocycles. The van der Waals surface area contributed by atoms with Gasteiger partial charge < -0.3 is 15.9 Å². The number of aliphatic hydroxyl groups excluding tert-OH is 2. The molecule has 0 aliphatic carbocycles. The summed E-state index contributed by atoms with van der Waals surface area (Å²) in [6, 6.07) is 3.25. The van der Waals surface area contributed by atoms with E-state index in [4.69, 9.17) is 17.3 Å². The van der Waals surface area contributed by atoms with E-state index in [1.165, 1.54) is 0 Å². The molecule has 0 saturated heterocycles. The van der Waals surface area contributed by atoms with E-state index >= 15 is 0 Å². The van der Waals surface area contributed by atoms with E-state index < -0.39 is 23.0 Å². The van der Waals surface area contributed by atoms with Crippen molar-refractivity contribution in [2.24, 2.45) is 5.73 Å². The molecule has 8 heteroatoms. The Morgan fingerprint density at radius 3 is 2.47 bits per heavy atom. The molecule has 2 atom stereocenters. The normalized spacial score (nSPS) is 14.1. The third-order valence-electron chi connectivity index (χ3n) is 2.10. The van der Waals surface area contributed by atoms with Crippen molar-refractivity contribution in [3.63, 3.8) is 0 Å². The second-order valence-corrected chi connectivity index (χ2v) is 3.66. The molecule has 4 N–H and O–H groups in total. The molecule has 0 aromatic heterocycles. The Hall–Kier alpha value is -1.70. The predicted molar refractivity (Wildman–Crippen MR) is 58.3 cm³/mol. The number of hydrogen-bond acceptors (Lipinski definition) is 5. The van der Waals surface area contributed by atoms with Gasteiger partial charge in [-0.3, -0.25) is 14.9 Å². The van der Waals surface area contributed by atoms with Crippen LogP contribution in [0, 0.1) is 10.1 Å². The Morgan fingerprint density at radius 2 is 2.06 bits per heavy atom. The maximum Gasteiger partial charge on any atom is 0.270 e. The zero-order valence-corrected chi connectivity index (χ0v) is 9.16. The highest BCUT2D eigenvalue weighted by atomic mass is 35.5. The second kappa shape index (κ2) is 5.09. The Bertz CT molecular complexity index is 465. The molecule has 0 saturated carbocycles. The number of nitro benzene ring substituents is 1. The number of hydrogen-bond donors (Lipinski definition) is 3. The van der Waals surface area contributed by atoms with Gasteiger partial charge >= 0.3 is 0 Å². The van der Waals surface area contributed by atoms with Crippen molar-refractivity contribution in [1.29, 1.82) is 0 Å². The van der Waals surface area contributed by atoms with Crippen molar-refractivity contribution in [2.75, 3.05) is 0 Å². The molecule has 92 valence electrons. The quantitative estimate of drug-likeness (QED) is 0.524. The fraction of sp³-hybridized carbons (Fsp3) is 0.222. The van der Waals surface area contributed by atoms with Gasteiger partial charge in [-0.05, 0) is 6.07 Å². The van der Waals surface area contributed by atoms with E-state index in [-0.39, 0.29) is 16.3 Å². The SMILES string of the molecule is NC(=O)C(O)C(O)c1ccc([N+](=O)[O-])cc1Cl. The highest BCUT2D eigenvalue weighted by Gasteiger charge is 2.26. The van der Waals surface area contributed by atoms with E-state index in [0.717, 1.165) is 18.2 Å². The first kappa shape index (κ1) is 13.4. The van der Waals surface area contributed by atoms with Crippen molar-refractivity contribution in [3.8, 4) is 0 Å². The van der Waals surface area contributed by atoms with Crippen LogP contribution in [0.1, 0.15) is 11.7 Å². The number of aliphatic hydroxyl groups is 2. The predicted octanol–water partition coefficient (Wildman–Crippen LogP) is 0.128. The molecule has 17 heavy (non-hydrogen) atoms. The first-order chi connectivity index (χ1) is 7.84. The highest BCUT2D eigenvalue weighted by Crippen LogP contribution is 2.28. The number of rotatable bonds is 4. The number of nitrogens with two attached hydrogens (primary N) is 1. The number of carbonyl (C=O) groups excluding carboxylic acids is 1. The van der Waals surface area contributed by atoms with E-state index in [1.54, 1.807) is 0 Å². The zero-order valence-electron chi connectivity index (χ0n) is 8.41. The lowest BCUT2D eigenvalue weighted by Crippen LogP contribution is -2.33. The van der Waals surface area contributed by atoms with E-state index in [0.29, 0.717) is 0 Å². The number of amides is 1. The van der Waals surface area contributed by atoms with Crippen LogP contribution in [0.5, 0.6) is 0 Å². The number of non-ortho nitro benzene ring substituents is 1. The molecule has 2 unspecified atom stereocenters. The number of primary amides is 1. The molecule has 1 aromatic carbocycles. The standard InChI is InChI=1S/C9H9ClN2O5/c10-6-3-4(12(16)17)1-2-5(6)7(13)8(14)9(11)15/h1-3,7-8,13-14H,(H2,11,15). The molecular formula is C9H9ClN2O5. The lowest BCUT2D eigenvalue weighted by atomic mass is 10.0. The minimum absolute atomic E-state index is 0.0106. The first-order valence-corrected chi connectivity index (χ1v) is 4.81. The number of benzene rings is 1.